The topological polar surface area (TPSA) is 110 Å². The molecule has 0 amide bonds. The van der Waals surface area contributed by atoms with E-state index in [0.29, 0.717) is 0 Å². The average Bonchev–Trinajstić information content (AvgIpc) is 2.34. The van der Waals surface area contributed by atoms with Gasteiger partial charge in [0.05, 0.1) is 0 Å². The van der Waals surface area contributed by atoms with Crippen molar-refractivity contribution in [1.29, 1.82) is 0 Å². The fourth-order valence-corrected chi connectivity index (χ4v) is 1.21. The van der Waals surface area contributed by atoms with Crippen LogP contribution in [0.4, 0.5) is 0 Å². The van der Waals surface area contributed by atoms with Crippen LogP contribution in [-0.4, -0.2) is 40.8 Å². The maximum Gasteiger partial charge on any atom is 0.349 e. The van der Waals surface area contributed by atoms with E-state index in [2.05, 4.69) is 4.74 Å². The lowest BCUT2D eigenvalue weighted by Crippen LogP contribution is -2.45. The number of aliphatic carboxylic acids is 2. The second kappa shape index (κ2) is 6.24. The fourth-order valence-electron chi connectivity index (χ4n) is 1.21. The molecule has 7 heteroatoms. The Morgan fingerprint density at radius 1 is 1.06 bits per heavy atom. The number of rotatable bonds is 7. The second-order valence-corrected chi connectivity index (χ2v) is 3.18. The summed E-state index contributed by atoms with van der Waals surface area (Å²) >= 11 is 0. The maximum absolute atomic E-state index is 10.9. The molecule has 0 aliphatic rings. The van der Waals surface area contributed by atoms with E-state index in [1.165, 1.54) is 12.1 Å². The zero-order chi connectivity index (χ0) is 13.5. The first-order valence-corrected chi connectivity index (χ1v) is 4.82. The Labute approximate surface area is 102 Å². The largest absolute Gasteiger partial charge is 0.478 e. The van der Waals surface area contributed by atoms with Gasteiger partial charge in [0.15, 0.2) is 0 Å². The standard InChI is InChI=1S/C11H10O7/c12-6-17-8(10(13)14)9(11(15)16)18-7-4-2-1-3-5-7/h1-6,8-9H,(H,13,14)(H,15,16). The quantitative estimate of drug-likeness (QED) is 0.666. The molecule has 0 spiro atoms. The SMILES string of the molecule is O=COC(C(=O)O)C(Oc1ccccc1)C(=O)O. The van der Waals surface area contributed by atoms with Crippen LogP contribution in [0.15, 0.2) is 30.3 Å². The first kappa shape index (κ1) is 13.5. The summed E-state index contributed by atoms with van der Waals surface area (Å²) < 4.78 is 9.20. The molecule has 1 rings (SSSR count). The van der Waals surface area contributed by atoms with Gasteiger partial charge in [0.25, 0.3) is 6.47 Å². The van der Waals surface area contributed by atoms with Gasteiger partial charge in [-0.05, 0) is 12.1 Å². The molecule has 0 fully saturated rings. The Morgan fingerprint density at radius 3 is 2.06 bits per heavy atom. The van der Waals surface area contributed by atoms with E-state index in [1.54, 1.807) is 18.2 Å². The molecule has 0 saturated carbocycles. The number of hydrogen-bond donors (Lipinski definition) is 2. The van der Waals surface area contributed by atoms with Crippen LogP contribution < -0.4 is 4.74 Å². The van der Waals surface area contributed by atoms with Crippen molar-refractivity contribution in [3.63, 3.8) is 0 Å². The van der Waals surface area contributed by atoms with Gasteiger partial charge >= 0.3 is 11.9 Å². The first-order chi connectivity index (χ1) is 8.56. The van der Waals surface area contributed by atoms with E-state index in [0.717, 1.165) is 0 Å². The van der Waals surface area contributed by atoms with Gasteiger partial charge < -0.3 is 19.7 Å². The molecule has 1 aromatic rings. The molecule has 0 bridgehead atoms. The molecule has 0 saturated heterocycles. The summed E-state index contributed by atoms with van der Waals surface area (Å²) in [6.07, 6.45) is -3.74. The fraction of sp³-hybridized carbons (Fsp3) is 0.182. The molecule has 0 radical (unpaired) electrons. The third-order valence-corrected chi connectivity index (χ3v) is 1.97. The minimum absolute atomic E-state index is 0.136. The van der Waals surface area contributed by atoms with Crippen molar-refractivity contribution in [2.24, 2.45) is 0 Å². The molecule has 0 aliphatic carbocycles. The zero-order valence-corrected chi connectivity index (χ0v) is 9.05. The monoisotopic (exact) mass is 254 g/mol. The molecule has 2 N–H and O–H groups in total. The highest BCUT2D eigenvalue weighted by Crippen LogP contribution is 2.14. The van der Waals surface area contributed by atoms with Gasteiger partial charge in [-0.3, -0.25) is 4.79 Å². The summed E-state index contributed by atoms with van der Waals surface area (Å²) in [5.41, 5.74) is 0. The zero-order valence-electron chi connectivity index (χ0n) is 9.05. The number of carboxylic acid groups (broad SMARTS) is 2. The van der Waals surface area contributed by atoms with Gasteiger partial charge in [-0.2, -0.15) is 0 Å². The Bertz CT molecular complexity index is 428. The molecule has 2 atom stereocenters. The number of hydrogen-bond acceptors (Lipinski definition) is 5. The van der Waals surface area contributed by atoms with Crippen molar-refractivity contribution < 1.29 is 34.1 Å². The number of carbonyl (C=O) groups is 3. The van der Waals surface area contributed by atoms with Gasteiger partial charge in [-0.15, -0.1) is 0 Å². The van der Waals surface area contributed by atoms with Crippen LogP contribution >= 0.6 is 0 Å². The minimum atomic E-state index is -1.92. The van der Waals surface area contributed by atoms with E-state index < -0.39 is 24.1 Å². The van der Waals surface area contributed by atoms with Crippen molar-refractivity contribution in [2.45, 2.75) is 12.2 Å². The van der Waals surface area contributed by atoms with Gasteiger partial charge in [0.1, 0.15) is 5.75 Å². The van der Waals surface area contributed by atoms with Gasteiger partial charge in [-0.1, -0.05) is 18.2 Å². The van der Waals surface area contributed by atoms with Gasteiger partial charge in [0.2, 0.25) is 12.2 Å². The molecule has 96 valence electrons. The predicted molar refractivity (Wildman–Crippen MR) is 57.1 cm³/mol. The van der Waals surface area contributed by atoms with Crippen molar-refractivity contribution in [2.75, 3.05) is 0 Å². The second-order valence-electron chi connectivity index (χ2n) is 3.18. The van der Waals surface area contributed by atoms with Gasteiger partial charge in [0, 0.05) is 0 Å². The molecular weight excluding hydrogens is 244 g/mol. The minimum Gasteiger partial charge on any atom is -0.478 e. The highest BCUT2D eigenvalue weighted by atomic mass is 16.6. The molecular formula is C11H10O7. The Morgan fingerprint density at radius 2 is 1.61 bits per heavy atom. The molecule has 0 aliphatic heterocycles. The normalized spacial score (nSPS) is 13.1. The van der Waals surface area contributed by atoms with Crippen molar-refractivity contribution in [3.05, 3.63) is 30.3 Å². The van der Waals surface area contributed by atoms with E-state index in [9.17, 15) is 14.4 Å². The van der Waals surface area contributed by atoms with Crippen LogP contribution in [0.1, 0.15) is 0 Å². The third kappa shape index (κ3) is 3.48. The molecule has 1 aromatic carbocycles. The Kier molecular flexibility index (Phi) is 4.67. The Balaban J connectivity index is 2.91. The highest BCUT2D eigenvalue weighted by Gasteiger charge is 2.37. The molecule has 2 unspecified atom stereocenters. The third-order valence-electron chi connectivity index (χ3n) is 1.97. The predicted octanol–water partition coefficient (Wildman–Crippen LogP) is 0.145. The number of para-hydroxylation sites is 1. The van der Waals surface area contributed by atoms with Gasteiger partial charge in [-0.25, -0.2) is 9.59 Å². The molecule has 18 heavy (non-hydrogen) atoms. The van der Waals surface area contributed by atoms with Crippen LogP contribution in [0.5, 0.6) is 5.75 Å². The van der Waals surface area contributed by atoms with Crippen LogP contribution in [0.2, 0.25) is 0 Å². The molecule has 7 nitrogen and oxygen atoms in total. The van der Waals surface area contributed by atoms with Crippen LogP contribution in [-0.2, 0) is 19.1 Å². The molecule has 0 heterocycles. The molecule has 0 aromatic heterocycles. The van der Waals surface area contributed by atoms with Crippen molar-refractivity contribution >= 4 is 18.4 Å². The summed E-state index contributed by atoms with van der Waals surface area (Å²) in [5, 5.41) is 17.7. The summed E-state index contributed by atoms with van der Waals surface area (Å²) in [6, 6.07) is 7.76. The maximum atomic E-state index is 10.9. The smallest absolute Gasteiger partial charge is 0.349 e. The number of ether oxygens (including phenoxy) is 2. The van der Waals surface area contributed by atoms with E-state index in [-0.39, 0.29) is 12.2 Å². The Hall–Kier alpha value is -2.57. The van der Waals surface area contributed by atoms with E-state index in [1.807, 2.05) is 0 Å². The number of benzene rings is 1. The summed E-state index contributed by atoms with van der Waals surface area (Å²) in [4.78, 5) is 31.9. The lowest BCUT2D eigenvalue weighted by Gasteiger charge is -2.19. The number of carboxylic acids is 2. The first-order valence-electron chi connectivity index (χ1n) is 4.82. The van der Waals surface area contributed by atoms with Crippen molar-refractivity contribution in [1.82, 2.24) is 0 Å². The summed E-state index contributed by atoms with van der Waals surface area (Å²) in [7, 11) is 0. The lowest BCUT2D eigenvalue weighted by molar-refractivity contribution is -0.171. The van der Waals surface area contributed by atoms with Crippen LogP contribution in [0.25, 0.3) is 0 Å². The van der Waals surface area contributed by atoms with E-state index >= 15 is 0 Å². The average molecular weight is 254 g/mol. The highest BCUT2D eigenvalue weighted by molar-refractivity contribution is 5.84. The van der Waals surface area contributed by atoms with E-state index in [4.69, 9.17) is 14.9 Å². The van der Waals surface area contributed by atoms with Crippen LogP contribution in [0.3, 0.4) is 0 Å². The van der Waals surface area contributed by atoms with Crippen LogP contribution in [0, 0.1) is 0 Å². The number of carbonyl (C=O) groups excluding carboxylic acids is 1. The van der Waals surface area contributed by atoms with Crippen molar-refractivity contribution in [3.8, 4) is 5.75 Å². The summed E-state index contributed by atoms with van der Waals surface area (Å²) in [6.45, 7) is -0.136. The lowest BCUT2D eigenvalue weighted by atomic mass is 10.2. The summed E-state index contributed by atoms with van der Waals surface area (Å²) in [5.74, 6) is -3.00.